The standard InChI is InChI=1S/C25H27N3O6S.C2HF3O2/c1-33-19-8-10-20(11-9-19)35(31,32)26-21-17-18(25(29)30)7-12-22(21)27-13-15-28(16-14-27)23-5-3-4-6-24(23)34-2;3-2(4,5)1(6)7/h3-12,17,26H,13-16H2,1-2H3,(H,29,30);(H,6,7). The van der Waals surface area contributed by atoms with E-state index in [0.29, 0.717) is 37.6 Å². The molecular formula is C27H28F3N3O8S. The molecule has 1 heterocycles. The summed E-state index contributed by atoms with van der Waals surface area (Å²) in [5.74, 6) is -2.57. The van der Waals surface area contributed by atoms with Gasteiger partial charge in [-0.15, -0.1) is 0 Å². The molecule has 0 atom stereocenters. The van der Waals surface area contributed by atoms with Gasteiger partial charge in [-0.25, -0.2) is 18.0 Å². The minimum absolute atomic E-state index is 0.00570. The van der Waals surface area contributed by atoms with Crippen molar-refractivity contribution in [3.8, 4) is 11.5 Å². The molecule has 0 aromatic heterocycles. The van der Waals surface area contributed by atoms with Gasteiger partial charge in [-0.2, -0.15) is 13.2 Å². The normalized spacial score (nSPS) is 13.5. The topological polar surface area (TPSA) is 146 Å². The average Bonchev–Trinajstić information content (AvgIpc) is 2.97. The van der Waals surface area contributed by atoms with Gasteiger partial charge in [0.2, 0.25) is 0 Å². The number of carboxylic acid groups (broad SMARTS) is 2. The predicted molar refractivity (Wildman–Crippen MR) is 148 cm³/mol. The van der Waals surface area contributed by atoms with E-state index in [1.54, 1.807) is 25.3 Å². The number of ether oxygens (including phenoxy) is 2. The molecule has 0 aliphatic carbocycles. The number of anilines is 3. The molecule has 0 unspecified atom stereocenters. The Morgan fingerprint density at radius 2 is 1.38 bits per heavy atom. The number of alkyl halides is 3. The van der Waals surface area contributed by atoms with Crippen LogP contribution < -0.4 is 24.0 Å². The lowest BCUT2D eigenvalue weighted by Crippen LogP contribution is -2.46. The molecule has 0 radical (unpaired) electrons. The number of nitrogens with one attached hydrogen (secondary N) is 1. The van der Waals surface area contributed by atoms with Gasteiger partial charge in [0, 0.05) is 26.2 Å². The van der Waals surface area contributed by atoms with Gasteiger partial charge < -0.3 is 29.5 Å². The zero-order valence-corrected chi connectivity index (χ0v) is 23.3. The lowest BCUT2D eigenvalue weighted by atomic mass is 10.1. The fourth-order valence-electron chi connectivity index (χ4n) is 4.06. The van der Waals surface area contributed by atoms with Gasteiger partial charge in [-0.3, -0.25) is 4.72 Å². The molecule has 0 amide bonds. The number of rotatable bonds is 8. The van der Waals surface area contributed by atoms with Gasteiger partial charge in [-0.05, 0) is 54.6 Å². The van der Waals surface area contributed by atoms with E-state index in [2.05, 4.69) is 9.62 Å². The Hall–Kier alpha value is -4.66. The lowest BCUT2D eigenvalue weighted by molar-refractivity contribution is -0.192. The van der Waals surface area contributed by atoms with E-state index in [4.69, 9.17) is 19.4 Å². The maximum atomic E-state index is 13.1. The summed E-state index contributed by atoms with van der Waals surface area (Å²) >= 11 is 0. The molecule has 0 spiro atoms. The van der Waals surface area contributed by atoms with Gasteiger partial charge in [0.25, 0.3) is 10.0 Å². The largest absolute Gasteiger partial charge is 0.497 e. The molecule has 1 saturated heterocycles. The Labute approximate surface area is 239 Å². The number of methoxy groups -OCH3 is 2. The molecular weight excluding hydrogens is 583 g/mol. The predicted octanol–water partition coefficient (Wildman–Crippen LogP) is 4.16. The number of aromatic carboxylic acids is 1. The molecule has 11 nitrogen and oxygen atoms in total. The van der Waals surface area contributed by atoms with Crippen LogP contribution in [0.1, 0.15) is 10.4 Å². The highest BCUT2D eigenvalue weighted by atomic mass is 32.2. The summed E-state index contributed by atoms with van der Waals surface area (Å²) in [4.78, 5) is 24.8. The quantitative estimate of drug-likeness (QED) is 0.339. The van der Waals surface area contributed by atoms with E-state index < -0.39 is 28.1 Å². The maximum absolute atomic E-state index is 13.1. The second-order valence-corrected chi connectivity index (χ2v) is 10.4. The highest BCUT2D eigenvalue weighted by Crippen LogP contribution is 2.33. The first-order chi connectivity index (χ1) is 19.8. The van der Waals surface area contributed by atoms with E-state index >= 15 is 0 Å². The van der Waals surface area contributed by atoms with Crippen LogP contribution in [0.2, 0.25) is 0 Å². The monoisotopic (exact) mass is 611 g/mol. The summed E-state index contributed by atoms with van der Waals surface area (Å²) in [5, 5.41) is 16.6. The lowest BCUT2D eigenvalue weighted by Gasteiger charge is -2.38. The third-order valence-electron chi connectivity index (χ3n) is 6.15. The zero-order chi connectivity index (χ0) is 31.1. The molecule has 3 N–H and O–H groups in total. The number of piperazine rings is 1. The van der Waals surface area contributed by atoms with Crippen molar-refractivity contribution < 1.29 is 50.9 Å². The number of carbonyl (C=O) groups is 2. The van der Waals surface area contributed by atoms with Gasteiger partial charge in [0.05, 0.1) is 41.7 Å². The first-order valence-electron chi connectivity index (χ1n) is 12.2. The van der Waals surface area contributed by atoms with Crippen molar-refractivity contribution in [2.75, 3.05) is 54.9 Å². The molecule has 42 heavy (non-hydrogen) atoms. The van der Waals surface area contributed by atoms with Crippen molar-refractivity contribution in [3.63, 3.8) is 0 Å². The molecule has 3 aromatic rings. The SMILES string of the molecule is COc1ccc(S(=O)(=O)Nc2cc(C(=O)O)ccc2N2CCN(c3ccccc3OC)CC2)cc1.O=C(O)C(F)(F)F. The zero-order valence-electron chi connectivity index (χ0n) is 22.5. The number of aliphatic carboxylic acids is 1. The first kappa shape index (κ1) is 31.9. The van der Waals surface area contributed by atoms with Crippen molar-refractivity contribution in [1.82, 2.24) is 0 Å². The van der Waals surface area contributed by atoms with Gasteiger partial charge >= 0.3 is 18.1 Å². The molecule has 3 aromatic carbocycles. The average molecular weight is 612 g/mol. The number of halogens is 3. The molecule has 15 heteroatoms. The Bertz CT molecular complexity index is 1510. The number of carboxylic acids is 2. The summed E-state index contributed by atoms with van der Waals surface area (Å²) in [6.07, 6.45) is -5.08. The van der Waals surface area contributed by atoms with Crippen LogP contribution in [-0.4, -0.2) is 77.1 Å². The van der Waals surface area contributed by atoms with Crippen LogP contribution in [0.4, 0.5) is 30.2 Å². The molecule has 4 rings (SSSR count). The second kappa shape index (κ2) is 13.3. The van der Waals surface area contributed by atoms with Gasteiger partial charge in [0.1, 0.15) is 11.5 Å². The number of hydrogen-bond donors (Lipinski definition) is 3. The van der Waals surface area contributed by atoms with Gasteiger partial charge in [0.15, 0.2) is 0 Å². The fraction of sp³-hybridized carbons (Fsp3) is 0.259. The van der Waals surface area contributed by atoms with Crippen molar-refractivity contribution in [1.29, 1.82) is 0 Å². The molecule has 0 bridgehead atoms. The van der Waals surface area contributed by atoms with Crippen LogP contribution in [0.5, 0.6) is 11.5 Å². The van der Waals surface area contributed by atoms with Crippen molar-refractivity contribution >= 4 is 39.0 Å². The smallest absolute Gasteiger partial charge is 0.490 e. The number of para-hydroxylation sites is 2. The number of benzene rings is 3. The Kier molecular flexibility index (Phi) is 10.1. The third-order valence-corrected chi connectivity index (χ3v) is 7.53. The Morgan fingerprint density at radius 3 is 1.88 bits per heavy atom. The maximum Gasteiger partial charge on any atom is 0.490 e. The summed E-state index contributed by atoms with van der Waals surface area (Å²) in [7, 11) is -0.819. The Balaban J connectivity index is 0.000000616. The van der Waals surface area contributed by atoms with E-state index in [0.717, 1.165) is 11.4 Å². The van der Waals surface area contributed by atoms with Crippen LogP contribution >= 0.6 is 0 Å². The summed E-state index contributed by atoms with van der Waals surface area (Å²) in [6, 6.07) is 18.3. The second-order valence-electron chi connectivity index (χ2n) is 8.77. The molecule has 226 valence electrons. The van der Waals surface area contributed by atoms with Crippen LogP contribution in [0, 0.1) is 0 Å². The number of nitrogens with zero attached hydrogens (tertiary/aromatic N) is 2. The minimum atomic E-state index is -5.08. The van der Waals surface area contributed by atoms with Crippen molar-refractivity contribution in [2.24, 2.45) is 0 Å². The van der Waals surface area contributed by atoms with E-state index in [-0.39, 0.29) is 16.1 Å². The molecule has 0 saturated carbocycles. The van der Waals surface area contributed by atoms with Crippen LogP contribution in [-0.2, 0) is 14.8 Å². The van der Waals surface area contributed by atoms with E-state index in [1.165, 1.54) is 31.4 Å². The molecule has 1 aliphatic rings. The third kappa shape index (κ3) is 7.96. The van der Waals surface area contributed by atoms with Crippen LogP contribution in [0.25, 0.3) is 0 Å². The minimum Gasteiger partial charge on any atom is -0.497 e. The van der Waals surface area contributed by atoms with E-state index in [9.17, 15) is 31.5 Å². The highest BCUT2D eigenvalue weighted by Gasteiger charge is 2.38. The first-order valence-corrected chi connectivity index (χ1v) is 13.7. The highest BCUT2D eigenvalue weighted by molar-refractivity contribution is 7.92. The summed E-state index contributed by atoms with van der Waals surface area (Å²) in [6.45, 7) is 2.60. The van der Waals surface area contributed by atoms with Crippen LogP contribution in [0.3, 0.4) is 0 Å². The van der Waals surface area contributed by atoms with E-state index in [1.807, 2.05) is 29.2 Å². The fourth-order valence-corrected chi connectivity index (χ4v) is 5.13. The van der Waals surface area contributed by atoms with Crippen molar-refractivity contribution in [2.45, 2.75) is 11.1 Å². The number of hydrogen-bond acceptors (Lipinski definition) is 8. The van der Waals surface area contributed by atoms with Gasteiger partial charge in [-0.1, -0.05) is 12.1 Å². The summed E-state index contributed by atoms with van der Waals surface area (Å²) < 4.78 is 71.1. The molecule has 1 aliphatic heterocycles. The van der Waals surface area contributed by atoms with Crippen LogP contribution in [0.15, 0.2) is 71.6 Å². The van der Waals surface area contributed by atoms with Crippen molar-refractivity contribution in [3.05, 3.63) is 72.3 Å². The Morgan fingerprint density at radius 1 is 0.833 bits per heavy atom. The molecule has 1 fully saturated rings. The number of sulfonamides is 1. The summed E-state index contributed by atoms with van der Waals surface area (Å²) in [5.41, 5.74) is 1.82.